The molecule has 0 amide bonds. The molecule has 0 aliphatic heterocycles. The fraction of sp³-hybridized carbons (Fsp3) is 0.650. The Morgan fingerprint density at radius 2 is 2.25 bits per heavy atom. The van der Waals surface area contributed by atoms with E-state index in [9.17, 15) is 9.90 Å². The van der Waals surface area contributed by atoms with Gasteiger partial charge in [0.25, 0.3) is 0 Å². The van der Waals surface area contributed by atoms with Crippen LogP contribution in [0.5, 0.6) is 5.75 Å². The third-order valence-corrected chi connectivity index (χ3v) is 5.55. The molecule has 24 heavy (non-hydrogen) atoms. The van der Waals surface area contributed by atoms with Gasteiger partial charge in [-0.25, -0.2) is 0 Å². The second-order valence-corrected chi connectivity index (χ2v) is 7.29. The number of fused-ring (bicyclic) bond motifs is 1. The summed E-state index contributed by atoms with van der Waals surface area (Å²) < 4.78 is 5.41. The molecule has 4 heteroatoms. The summed E-state index contributed by atoms with van der Waals surface area (Å²) in [6, 6.07) is 6.11. The highest BCUT2D eigenvalue weighted by Crippen LogP contribution is 2.45. The number of aromatic hydroxyl groups is 1. The lowest BCUT2D eigenvalue weighted by molar-refractivity contribution is -0.143. The van der Waals surface area contributed by atoms with Gasteiger partial charge in [-0.05, 0) is 49.6 Å². The molecule has 3 atom stereocenters. The summed E-state index contributed by atoms with van der Waals surface area (Å²) in [5, 5.41) is 13.4. The van der Waals surface area contributed by atoms with Crippen LogP contribution in [0.25, 0.3) is 0 Å². The number of carbonyl (C=O) groups is 1. The molecule has 0 aromatic heterocycles. The van der Waals surface area contributed by atoms with E-state index in [4.69, 9.17) is 4.74 Å². The van der Waals surface area contributed by atoms with Crippen LogP contribution in [0.3, 0.4) is 0 Å². The average Bonchev–Trinajstić information content (AvgIpc) is 2.55. The summed E-state index contributed by atoms with van der Waals surface area (Å²) in [5.41, 5.74) is 2.37. The fourth-order valence-electron chi connectivity index (χ4n) is 4.08. The topological polar surface area (TPSA) is 58.6 Å². The molecule has 0 saturated heterocycles. The molecule has 1 aliphatic carbocycles. The molecular formula is C20H31NO3. The van der Waals surface area contributed by atoms with Crippen LogP contribution >= 0.6 is 0 Å². The number of phenolic OH excluding ortho intramolecular Hbond substituents is 1. The lowest BCUT2D eigenvalue weighted by atomic mass is 9.61. The number of esters is 1. The SMILES string of the molecule is CCCC[C@H](COC(C)=O)[C@]1(C)C[C@@H](NC)Cc2ccc(O)cc21. The van der Waals surface area contributed by atoms with Gasteiger partial charge in [-0.2, -0.15) is 0 Å². The Balaban J connectivity index is 2.40. The monoisotopic (exact) mass is 333 g/mol. The number of likely N-dealkylation sites (N-methyl/N-ethyl adjacent to an activating group) is 1. The Morgan fingerprint density at radius 1 is 1.50 bits per heavy atom. The van der Waals surface area contributed by atoms with E-state index in [2.05, 4.69) is 19.2 Å². The molecule has 0 spiro atoms. The molecule has 0 saturated carbocycles. The zero-order chi connectivity index (χ0) is 17.7. The maximum absolute atomic E-state index is 11.4. The van der Waals surface area contributed by atoms with Gasteiger partial charge in [-0.1, -0.05) is 32.8 Å². The van der Waals surface area contributed by atoms with Gasteiger partial charge in [0.05, 0.1) is 6.61 Å². The summed E-state index contributed by atoms with van der Waals surface area (Å²) in [7, 11) is 2.00. The minimum atomic E-state index is -0.225. The lowest BCUT2D eigenvalue weighted by Gasteiger charge is -2.45. The minimum Gasteiger partial charge on any atom is -0.508 e. The van der Waals surface area contributed by atoms with Crippen molar-refractivity contribution in [1.29, 1.82) is 0 Å². The van der Waals surface area contributed by atoms with E-state index < -0.39 is 0 Å². The highest BCUT2D eigenvalue weighted by atomic mass is 16.5. The number of benzene rings is 1. The van der Waals surface area contributed by atoms with Gasteiger partial charge in [-0.3, -0.25) is 4.79 Å². The average molecular weight is 333 g/mol. The first kappa shape index (κ1) is 18.8. The summed E-state index contributed by atoms with van der Waals surface area (Å²) in [6.45, 7) is 6.36. The molecule has 2 rings (SSSR count). The van der Waals surface area contributed by atoms with Gasteiger partial charge >= 0.3 is 5.97 Å². The van der Waals surface area contributed by atoms with E-state index in [1.54, 1.807) is 6.07 Å². The van der Waals surface area contributed by atoms with E-state index in [1.807, 2.05) is 19.2 Å². The van der Waals surface area contributed by atoms with E-state index in [-0.39, 0.29) is 17.3 Å². The summed E-state index contributed by atoms with van der Waals surface area (Å²) >= 11 is 0. The molecule has 1 aliphatic rings. The maximum Gasteiger partial charge on any atom is 0.302 e. The van der Waals surface area contributed by atoms with E-state index >= 15 is 0 Å². The molecule has 2 N–H and O–H groups in total. The Kier molecular flexibility index (Phi) is 6.27. The zero-order valence-electron chi connectivity index (χ0n) is 15.4. The van der Waals surface area contributed by atoms with Crippen molar-refractivity contribution in [1.82, 2.24) is 5.32 Å². The van der Waals surface area contributed by atoms with Crippen LogP contribution in [0.2, 0.25) is 0 Å². The molecular weight excluding hydrogens is 302 g/mol. The molecule has 0 fully saturated rings. The summed E-state index contributed by atoms with van der Waals surface area (Å²) in [4.78, 5) is 11.4. The van der Waals surface area contributed by atoms with Gasteiger partial charge in [0.15, 0.2) is 0 Å². The number of phenols is 1. The van der Waals surface area contributed by atoms with Gasteiger partial charge in [-0.15, -0.1) is 0 Å². The van der Waals surface area contributed by atoms with Crippen molar-refractivity contribution in [2.24, 2.45) is 5.92 Å². The molecule has 0 heterocycles. The Bertz CT molecular complexity index is 572. The smallest absolute Gasteiger partial charge is 0.302 e. The molecule has 0 radical (unpaired) electrons. The van der Waals surface area contributed by atoms with E-state index in [0.717, 1.165) is 32.1 Å². The van der Waals surface area contributed by atoms with Crippen molar-refractivity contribution >= 4 is 5.97 Å². The van der Waals surface area contributed by atoms with Gasteiger partial charge in [0, 0.05) is 24.3 Å². The van der Waals surface area contributed by atoms with Crippen LogP contribution < -0.4 is 5.32 Å². The molecule has 0 unspecified atom stereocenters. The van der Waals surface area contributed by atoms with Crippen LogP contribution in [-0.2, 0) is 21.4 Å². The van der Waals surface area contributed by atoms with Crippen molar-refractivity contribution in [3.05, 3.63) is 29.3 Å². The van der Waals surface area contributed by atoms with Crippen LogP contribution in [0.15, 0.2) is 18.2 Å². The quantitative estimate of drug-likeness (QED) is 0.749. The van der Waals surface area contributed by atoms with Crippen molar-refractivity contribution in [3.8, 4) is 5.75 Å². The number of unbranched alkanes of at least 4 members (excludes halogenated alkanes) is 1. The number of carbonyl (C=O) groups excluding carboxylic acids is 1. The molecule has 0 bridgehead atoms. The first-order valence-electron chi connectivity index (χ1n) is 9.03. The largest absolute Gasteiger partial charge is 0.508 e. The van der Waals surface area contributed by atoms with Gasteiger partial charge in [0.1, 0.15) is 5.75 Å². The molecule has 4 nitrogen and oxygen atoms in total. The third kappa shape index (κ3) is 4.10. The van der Waals surface area contributed by atoms with Gasteiger partial charge in [0.2, 0.25) is 0 Å². The van der Waals surface area contributed by atoms with Crippen molar-refractivity contribution in [2.75, 3.05) is 13.7 Å². The second-order valence-electron chi connectivity index (χ2n) is 7.29. The number of rotatable bonds is 7. The molecule has 1 aromatic rings. The van der Waals surface area contributed by atoms with Crippen molar-refractivity contribution in [3.63, 3.8) is 0 Å². The first-order chi connectivity index (χ1) is 11.4. The highest BCUT2D eigenvalue weighted by molar-refractivity contribution is 5.65. The van der Waals surface area contributed by atoms with Gasteiger partial charge < -0.3 is 15.2 Å². The lowest BCUT2D eigenvalue weighted by Crippen LogP contribution is -2.46. The Hall–Kier alpha value is -1.55. The minimum absolute atomic E-state index is 0.120. The summed E-state index contributed by atoms with van der Waals surface area (Å²) in [6.07, 6.45) is 5.20. The van der Waals surface area contributed by atoms with Crippen molar-refractivity contribution in [2.45, 2.75) is 64.3 Å². The number of hydrogen-bond donors (Lipinski definition) is 2. The molecule has 1 aromatic carbocycles. The predicted octanol–water partition coefficient (Wildman–Crippen LogP) is 3.55. The number of ether oxygens (including phenoxy) is 1. The van der Waals surface area contributed by atoms with Crippen molar-refractivity contribution < 1.29 is 14.6 Å². The highest BCUT2D eigenvalue weighted by Gasteiger charge is 2.42. The van der Waals surface area contributed by atoms with Crippen LogP contribution in [0.4, 0.5) is 0 Å². The van der Waals surface area contributed by atoms with E-state index in [1.165, 1.54) is 18.1 Å². The Labute approximate surface area is 145 Å². The van der Waals surface area contributed by atoms with E-state index in [0.29, 0.717) is 18.4 Å². The molecule has 134 valence electrons. The standard InChI is InChI=1S/C20H31NO3/c1-5-6-7-16(13-24-14(2)22)20(3)12-17(21-4)10-15-8-9-18(23)11-19(15)20/h8-9,11,16-17,21,23H,5-7,10,12-13H2,1-4H3/t16-,17+,20+/m1/s1. The maximum atomic E-state index is 11.4. The van der Waals surface area contributed by atoms with Crippen LogP contribution in [0.1, 0.15) is 57.6 Å². The normalized spacial score (nSPS) is 24.2. The zero-order valence-corrected chi connectivity index (χ0v) is 15.4. The fourth-order valence-corrected chi connectivity index (χ4v) is 4.08. The van der Waals surface area contributed by atoms with Crippen LogP contribution in [-0.4, -0.2) is 30.8 Å². The second kappa shape index (κ2) is 8.02. The predicted molar refractivity (Wildman–Crippen MR) is 96.3 cm³/mol. The van der Waals surface area contributed by atoms with Crippen LogP contribution in [0, 0.1) is 5.92 Å². The number of hydrogen-bond acceptors (Lipinski definition) is 4. The first-order valence-corrected chi connectivity index (χ1v) is 9.03. The Morgan fingerprint density at radius 3 is 2.88 bits per heavy atom. The third-order valence-electron chi connectivity index (χ3n) is 5.55. The summed E-state index contributed by atoms with van der Waals surface area (Å²) in [5.74, 6) is 0.333. The number of nitrogens with one attached hydrogen (secondary N) is 1.